The zero-order valence-electron chi connectivity index (χ0n) is 8.77. The second-order valence-corrected chi connectivity index (χ2v) is 4.69. The molecule has 102 valence electrons. The lowest BCUT2D eigenvalue weighted by atomic mass is 10.2. The van der Waals surface area contributed by atoms with Crippen LogP contribution in [-0.4, -0.2) is 19.8 Å². The summed E-state index contributed by atoms with van der Waals surface area (Å²) < 4.78 is 72.3. The first-order valence-electron chi connectivity index (χ1n) is 4.34. The number of halogens is 4. The standard InChI is InChI=1S/C9H4F4N2O3S/c1-14-5-2-3-6(7(10)4-5)8(16)15-19(17,18)9(11,12)13/h2-4H,(H,15,16)/p-1. The van der Waals surface area contributed by atoms with Gasteiger partial charge in [0.2, 0.25) is 0 Å². The van der Waals surface area contributed by atoms with Gasteiger partial charge in [0.1, 0.15) is 5.82 Å². The number of hydrogen-bond donors (Lipinski definition) is 0. The van der Waals surface area contributed by atoms with Crippen LogP contribution in [0.25, 0.3) is 4.85 Å². The molecular formula is C9H3F4N2O3S-. The van der Waals surface area contributed by atoms with Gasteiger partial charge in [0, 0.05) is 11.5 Å². The average molecular weight is 295 g/mol. The molecule has 0 heterocycles. The molecule has 1 aromatic rings. The van der Waals surface area contributed by atoms with Gasteiger partial charge in [0.25, 0.3) is 0 Å². The quantitative estimate of drug-likeness (QED) is 0.357. The van der Waals surface area contributed by atoms with Crippen molar-refractivity contribution >= 4 is 21.6 Å². The highest BCUT2D eigenvalue weighted by Gasteiger charge is 2.45. The fraction of sp³-hybridized carbons (Fsp3) is 0.111. The third-order valence-electron chi connectivity index (χ3n) is 1.81. The van der Waals surface area contributed by atoms with E-state index in [2.05, 4.69) is 4.85 Å². The van der Waals surface area contributed by atoms with Gasteiger partial charge in [-0.2, -0.15) is 26.0 Å². The van der Waals surface area contributed by atoms with Gasteiger partial charge in [-0.15, -0.1) is 0 Å². The molecule has 0 aliphatic heterocycles. The molecule has 0 aliphatic carbocycles. The van der Waals surface area contributed by atoms with Crippen molar-refractivity contribution in [2.24, 2.45) is 4.40 Å². The van der Waals surface area contributed by atoms with E-state index in [1.54, 1.807) is 0 Å². The molecule has 1 rings (SSSR count). The molecule has 0 spiro atoms. The van der Waals surface area contributed by atoms with Crippen LogP contribution >= 0.6 is 0 Å². The van der Waals surface area contributed by atoms with Crippen molar-refractivity contribution in [1.29, 1.82) is 0 Å². The molecule has 0 atom stereocenters. The van der Waals surface area contributed by atoms with E-state index in [1.165, 1.54) is 0 Å². The number of hydrogen-bond acceptors (Lipinski definition) is 3. The maximum absolute atomic E-state index is 13.3. The van der Waals surface area contributed by atoms with E-state index in [0.717, 1.165) is 6.07 Å². The molecule has 0 saturated carbocycles. The Kier molecular flexibility index (Phi) is 3.80. The van der Waals surface area contributed by atoms with Crippen molar-refractivity contribution < 1.29 is 31.1 Å². The smallest absolute Gasteiger partial charge is 0.518 e. The highest BCUT2D eigenvalue weighted by molar-refractivity contribution is 7.91. The van der Waals surface area contributed by atoms with Gasteiger partial charge in [0.05, 0.1) is 6.57 Å². The minimum absolute atomic E-state index is 0.201. The van der Waals surface area contributed by atoms with Gasteiger partial charge >= 0.3 is 15.5 Å². The van der Waals surface area contributed by atoms with Crippen molar-refractivity contribution in [1.82, 2.24) is 0 Å². The summed E-state index contributed by atoms with van der Waals surface area (Å²) in [5.41, 5.74) is -6.91. The Morgan fingerprint density at radius 2 is 1.95 bits per heavy atom. The Morgan fingerprint density at radius 3 is 2.37 bits per heavy atom. The van der Waals surface area contributed by atoms with Gasteiger partial charge in [-0.05, 0) is 6.07 Å². The van der Waals surface area contributed by atoms with E-state index in [-0.39, 0.29) is 5.69 Å². The summed E-state index contributed by atoms with van der Waals surface area (Å²) in [5, 5.41) is 11.2. The van der Waals surface area contributed by atoms with Crippen LogP contribution in [0.3, 0.4) is 0 Å². The SMILES string of the molecule is [C-]#[N+]c1ccc(/C([O-])=N/S(=O)(=O)C(F)(F)F)c(F)c1. The largest absolute Gasteiger partial charge is 0.858 e. The van der Waals surface area contributed by atoms with E-state index in [0.29, 0.717) is 12.1 Å². The first kappa shape index (κ1) is 14.9. The second kappa shape index (κ2) is 4.85. The number of rotatable bonds is 2. The van der Waals surface area contributed by atoms with E-state index in [4.69, 9.17) is 6.57 Å². The summed E-state index contributed by atoms with van der Waals surface area (Å²) in [4.78, 5) is 2.82. The van der Waals surface area contributed by atoms with Gasteiger partial charge in [-0.3, -0.25) is 0 Å². The first-order valence-corrected chi connectivity index (χ1v) is 5.78. The maximum Gasteiger partial charge on any atom is 0.518 e. The Hall–Kier alpha value is -2.15. The van der Waals surface area contributed by atoms with Crippen molar-refractivity contribution in [2.75, 3.05) is 0 Å². The lowest BCUT2D eigenvalue weighted by molar-refractivity contribution is -0.212. The van der Waals surface area contributed by atoms with Gasteiger partial charge < -0.3 is 5.11 Å². The van der Waals surface area contributed by atoms with Crippen LogP contribution in [0.15, 0.2) is 22.6 Å². The van der Waals surface area contributed by atoms with E-state index in [9.17, 15) is 31.1 Å². The highest BCUT2D eigenvalue weighted by Crippen LogP contribution is 2.25. The summed E-state index contributed by atoms with van der Waals surface area (Å²) in [5.74, 6) is -3.23. The molecule has 0 N–H and O–H groups in total. The Morgan fingerprint density at radius 1 is 1.37 bits per heavy atom. The third-order valence-corrected chi connectivity index (χ3v) is 2.80. The average Bonchev–Trinajstić information content (AvgIpc) is 2.26. The van der Waals surface area contributed by atoms with Crippen LogP contribution in [0.1, 0.15) is 5.56 Å². The van der Waals surface area contributed by atoms with Crippen LogP contribution < -0.4 is 5.11 Å². The minimum Gasteiger partial charge on any atom is -0.858 e. The molecule has 0 radical (unpaired) electrons. The van der Waals surface area contributed by atoms with Gasteiger partial charge in [0.15, 0.2) is 5.69 Å². The lowest BCUT2D eigenvalue weighted by Crippen LogP contribution is -2.27. The molecule has 0 aromatic heterocycles. The number of nitrogens with zero attached hydrogens (tertiary/aromatic N) is 2. The molecule has 0 unspecified atom stereocenters. The number of alkyl halides is 3. The van der Waals surface area contributed by atoms with Gasteiger partial charge in [-0.1, -0.05) is 12.1 Å². The Labute approximate surface area is 104 Å². The fourth-order valence-electron chi connectivity index (χ4n) is 0.957. The summed E-state index contributed by atoms with van der Waals surface area (Å²) in [6.45, 7) is 6.55. The molecule has 0 amide bonds. The summed E-state index contributed by atoms with van der Waals surface area (Å²) in [7, 11) is -6.03. The monoisotopic (exact) mass is 295 g/mol. The molecule has 0 aliphatic rings. The van der Waals surface area contributed by atoms with Crippen LogP contribution in [0.5, 0.6) is 0 Å². The second-order valence-electron chi connectivity index (χ2n) is 3.09. The van der Waals surface area contributed by atoms with E-state index in [1.807, 2.05) is 4.40 Å². The first-order chi connectivity index (χ1) is 8.58. The van der Waals surface area contributed by atoms with E-state index < -0.39 is 32.8 Å². The molecule has 0 bridgehead atoms. The molecule has 0 fully saturated rings. The molecule has 0 saturated heterocycles. The third kappa shape index (κ3) is 3.19. The van der Waals surface area contributed by atoms with Crippen LogP contribution in [0.2, 0.25) is 0 Å². The maximum atomic E-state index is 13.3. The zero-order chi connectivity index (χ0) is 14.8. The van der Waals surface area contributed by atoms with Gasteiger partial charge in [-0.25, -0.2) is 9.24 Å². The molecule has 10 heteroatoms. The van der Waals surface area contributed by atoms with Crippen molar-refractivity contribution in [3.05, 3.63) is 41.0 Å². The van der Waals surface area contributed by atoms with Crippen LogP contribution in [-0.2, 0) is 10.0 Å². The van der Waals surface area contributed by atoms with Crippen molar-refractivity contribution in [3.8, 4) is 0 Å². The Bertz CT molecular complexity index is 674. The number of sulfonamides is 1. The van der Waals surface area contributed by atoms with Crippen LogP contribution in [0.4, 0.5) is 23.2 Å². The topological polar surface area (TPSA) is 73.9 Å². The predicted molar refractivity (Wildman–Crippen MR) is 54.2 cm³/mol. The highest BCUT2D eigenvalue weighted by atomic mass is 32.2. The van der Waals surface area contributed by atoms with Crippen LogP contribution in [0, 0.1) is 12.4 Å². The molecule has 5 nitrogen and oxygen atoms in total. The molecule has 19 heavy (non-hydrogen) atoms. The zero-order valence-corrected chi connectivity index (χ0v) is 9.59. The molecular weight excluding hydrogens is 292 g/mol. The summed E-state index contributed by atoms with van der Waals surface area (Å²) in [6.07, 6.45) is 0. The molecule has 1 aromatic carbocycles. The van der Waals surface area contributed by atoms with Crippen molar-refractivity contribution in [3.63, 3.8) is 0 Å². The normalized spacial score (nSPS) is 13.1. The lowest BCUT2D eigenvalue weighted by Gasteiger charge is -2.12. The fourth-order valence-corrected chi connectivity index (χ4v) is 1.38. The summed E-state index contributed by atoms with van der Waals surface area (Å²) >= 11 is 0. The predicted octanol–water partition coefficient (Wildman–Crippen LogP) is 1.33. The Balaban J connectivity index is 3.30. The van der Waals surface area contributed by atoms with E-state index >= 15 is 0 Å². The minimum atomic E-state index is -6.03. The number of benzene rings is 1. The van der Waals surface area contributed by atoms with Crippen molar-refractivity contribution in [2.45, 2.75) is 5.51 Å². The summed E-state index contributed by atoms with van der Waals surface area (Å²) in [6, 6.07) is 2.20.